The van der Waals surface area contributed by atoms with E-state index in [9.17, 15) is 0 Å². The van der Waals surface area contributed by atoms with Gasteiger partial charge in [0.15, 0.2) is 0 Å². The third-order valence-electron chi connectivity index (χ3n) is 10.6. The molecule has 10 rings (SSSR count). The maximum atomic E-state index is 2.72. The number of nitrogens with zero attached hydrogens (tertiary/aromatic N) is 2. The second-order valence-corrected chi connectivity index (χ2v) is 16.9. The van der Waals surface area contributed by atoms with E-state index < -0.39 is 8.24 Å². The quantitative estimate of drug-likeness (QED) is 0.124. The lowest BCUT2D eigenvalue weighted by Crippen LogP contribution is -2.72. The van der Waals surface area contributed by atoms with E-state index in [2.05, 4.69) is 215 Å². The number of fused-ring (bicyclic) bond motifs is 6. The van der Waals surface area contributed by atoms with Gasteiger partial charge in [0, 0.05) is 38.3 Å². The lowest BCUT2D eigenvalue weighted by Gasteiger charge is -2.36. The highest BCUT2D eigenvalue weighted by Gasteiger charge is 2.44. The molecule has 0 radical (unpaired) electrons. The predicted molar refractivity (Wildman–Crippen MR) is 219 cm³/mol. The summed E-state index contributed by atoms with van der Waals surface area (Å²) in [7, 11) is -2.86. The Hall–Kier alpha value is -6.42. The van der Waals surface area contributed by atoms with Crippen molar-refractivity contribution >= 4 is 67.4 Å². The average molecular weight is 667 g/mol. The maximum Gasteiger partial charge on any atom is 0.257 e. The van der Waals surface area contributed by atoms with Crippen LogP contribution in [0.5, 0.6) is 0 Å². The minimum atomic E-state index is -2.86. The van der Waals surface area contributed by atoms with Crippen LogP contribution in [0, 0.1) is 0 Å². The molecule has 0 aliphatic rings. The normalized spacial score (nSPS) is 11.9. The highest BCUT2D eigenvalue weighted by Crippen LogP contribution is 2.38. The summed E-state index contributed by atoms with van der Waals surface area (Å²) in [5.74, 6) is 0. The SMILES string of the molecule is c1ccc(-n2c3ccccc3c3cc(-c4ccc5c(c4)c4ccccc4n5[Si](c4ccccc4)(c4ccccc4)c4ccccc4)ccc32)cc1. The first-order valence-electron chi connectivity index (χ1n) is 17.6. The molecule has 0 saturated heterocycles. The fourth-order valence-electron chi connectivity index (χ4n) is 8.45. The smallest absolute Gasteiger partial charge is 0.257 e. The molecule has 0 N–H and O–H groups in total. The van der Waals surface area contributed by atoms with E-state index >= 15 is 0 Å². The van der Waals surface area contributed by atoms with Crippen molar-refractivity contribution in [2.24, 2.45) is 0 Å². The van der Waals surface area contributed by atoms with E-state index in [1.54, 1.807) is 0 Å². The molecule has 8 aromatic carbocycles. The van der Waals surface area contributed by atoms with Gasteiger partial charge in [0.2, 0.25) is 0 Å². The van der Waals surface area contributed by atoms with Crippen LogP contribution in [0.15, 0.2) is 206 Å². The van der Waals surface area contributed by atoms with E-state index in [0.717, 1.165) is 0 Å². The Labute approximate surface area is 298 Å². The Bertz CT molecular complexity index is 2740. The van der Waals surface area contributed by atoms with Crippen molar-refractivity contribution in [2.75, 3.05) is 0 Å². The van der Waals surface area contributed by atoms with Crippen LogP contribution >= 0.6 is 0 Å². The van der Waals surface area contributed by atoms with Crippen molar-refractivity contribution < 1.29 is 0 Å². The van der Waals surface area contributed by atoms with Crippen LogP contribution in [0.1, 0.15) is 0 Å². The Morgan fingerprint density at radius 3 is 1.22 bits per heavy atom. The van der Waals surface area contributed by atoms with Crippen molar-refractivity contribution in [3.63, 3.8) is 0 Å². The minimum Gasteiger partial charge on any atom is -0.355 e. The molecule has 0 unspecified atom stereocenters. The van der Waals surface area contributed by atoms with E-state index in [1.807, 2.05) is 0 Å². The zero-order valence-corrected chi connectivity index (χ0v) is 29.0. The van der Waals surface area contributed by atoms with E-state index in [-0.39, 0.29) is 0 Å². The van der Waals surface area contributed by atoms with Gasteiger partial charge in [0.05, 0.1) is 11.0 Å². The van der Waals surface area contributed by atoms with Crippen LogP contribution in [0.25, 0.3) is 60.4 Å². The Balaban J connectivity index is 1.25. The average Bonchev–Trinajstić information content (AvgIpc) is 3.72. The second-order valence-electron chi connectivity index (χ2n) is 13.3. The number of para-hydroxylation sites is 3. The van der Waals surface area contributed by atoms with Crippen LogP contribution in [-0.4, -0.2) is 17.0 Å². The number of hydrogen-bond acceptors (Lipinski definition) is 0. The first-order valence-corrected chi connectivity index (χ1v) is 19.6. The molecule has 2 aromatic heterocycles. The summed E-state index contributed by atoms with van der Waals surface area (Å²) >= 11 is 0. The molecule has 2 heterocycles. The van der Waals surface area contributed by atoms with Crippen molar-refractivity contribution in [1.29, 1.82) is 0 Å². The van der Waals surface area contributed by atoms with Crippen molar-refractivity contribution in [3.05, 3.63) is 206 Å². The fraction of sp³-hybridized carbons (Fsp3) is 0. The molecule has 0 bridgehead atoms. The summed E-state index contributed by atoms with van der Waals surface area (Å²) in [6.07, 6.45) is 0. The van der Waals surface area contributed by atoms with E-state index in [4.69, 9.17) is 0 Å². The molecule has 2 nitrogen and oxygen atoms in total. The van der Waals surface area contributed by atoms with Gasteiger partial charge in [-0.3, -0.25) is 0 Å². The molecule has 240 valence electrons. The monoisotopic (exact) mass is 666 g/mol. The molecule has 0 aliphatic heterocycles. The van der Waals surface area contributed by atoms with Gasteiger partial charge < -0.3 is 8.80 Å². The summed E-state index contributed by atoms with van der Waals surface area (Å²) in [4.78, 5) is 0. The van der Waals surface area contributed by atoms with Gasteiger partial charge in [0.25, 0.3) is 8.24 Å². The molecule has 3 heteroatoms. The zero-order chi connectivity index (χ0) is 33.8. The van der Waals surface area contributed by atoms with Crippen LogP contribution in [0.3, 0.4) is 0 Å². The highest BCUT2D eigenvalue weighted by atomic mass is 28.3. The molecule has 10 aromatic rings. The van der Waals surface area contributed by atoms with Crippen molar-refractivity contribution in [3.8, 4) is 16.8 Å². The third kappa shape index (κ3) is 4.49. The third-order valence-corrected chi connectivity index (χ3v) is 15.3. The predicted octanol–water partition coefficient (Wildman–Crippen LogP) is 10.1. The summed E-state index contributed by atoms with van der Waals surface area (Å²) in [5.41, 5.74) is 8.56. The fourth-order valence-corrected chi connectivity index (χ4v) is 13.4. The summed E-state index contributed by atoms with van der Waals surface area (Å²) in [6.45, 7) is 0. The van der Waals surface area contributed by atoms with Gasteiger partial charge >= 0.3 is 0 Å². The van der Waals surface area contributed by atoms with Gasteiger partial charge in [0.1, 0.15) is 0 Å². The second kappa shape index (κ2) is 11.9. The Morgan fingerprint density at radius 1 is 0.294 bits per heavy atom. The van der Waals surface area contributed by atoms with E-state index in [0.29, 0.717) is 0 Å². The van der Waals surface area contributed by atoms with Gasteiger partial charge in [-0.1, -0.05) is 158 Å². The number of hydrogen-bond donors (Lipinski definition) is 0. The topological polar surface area (TPSA) is 9.86 Å². The maximum absolute atomic E-state index is 2.86. The van der Waals surface area contributed by atoms with Crippen LogP contribution in [-0.2, 0) is 0 Å². The van der Waals surface area contributed by atoms with Crippen LogP contribution in [0.2, 0.25) is 0 Å². The largest absolute Gasteiger partial charge is 0.355 e. The lowest BCUT2D eigenvalue weighted by molar-refractivity contribution is 1.18. The van der Waals surface area contributed by atoms with Gasteiger partial charge in [-0.05, 0) is 75.2 Å². The molecular formula is C48H34N2Si. The molecular weight excluding hydrogens is 633 g/mol. The number of aromatic nitrogens is 2. The molecule has 0 amide bonds. The number of benzene rings is 8. The molecule has 51 heavy (non-hydrogen) atoms. The van der Waals surface area contributed by atoms with Crippen molar-refractivity contribution in [2.45, 2.75) is 0 Å². The minimum absolute atomic E-state index is 1.17. The standard InChI is InChI=1S/C48H34N2Si/c1-5-17-37(18-6-1)49-45-27-15-13-25-41(45)43-33-35(29-31-46(43)49)36-30-32-48-44(34-36)42-26-14-16-28-47(42)50(48)51(38-19-7-2-8-20-38,39-21-9-3-10-22-39)40-23-11-4-12-24-40/h1-34H. The molecule has 0 saturated carbocycles. The summed E-state index contributed by atoms with van der Waals surface area (Å²) in [5, 5.41) is 9.14. The van der Waals surface area contributed by atoms with Crippen molar-refractivity contribution in [1.82, 2.24) is 8.80 Å². The molecule has 0 aliphatic carbocycles. The Morgan fingerprint density at radius 2 is 0.667 bits per heavy atom. The Kier molecular flexibility index (Phi) is 6.86. The van der Waals surface area contributed by atoms with E-state index in [1.165, 1.54) is 76.0 Å². The summed E-state index contributed by atoms with van der Waals surface area (Å²) in [6, 6.07) is 76.1. The van der Waals surface area contributed by atoms with Gasteiger partial charge in [-0.15, -0.1) is 0 Å². The van der Waals surface area contributed by atoms with Crippen LogP contribution < -0.4 is 15.6 Å². The number of rotatable bonds is 6. The molecule has 0 spiro atoms. The first kappa shape index (κ1) is 29.5. The van der Waals surface area contributed by atoms with Gasteiger partial charge in [-0.2, -0.15) is 0 Å². The molecule has 0 atom stereocenters. The van der Waals surface area contributed by atoms with Gasteiger partial charge in [-0.25, -0.2) is 0 Å². The highest BCUT2D eigenvalue weighted by molar-refractivity contribution is 7.11. The summed E-state index contributed by atoms with van der Waals surface area (Å²) < 4.78 is 5.10. The zero-order valence-electron chi connectivity index (χ0n) is 28.0. The molecule has 0 fully saturated rings. The van der Waals surface area contributed by atoms with Crippen LogP contribution in [0.4, 0.5) is 0 Å². The lowest BCUT2D eigenvalue weighted by atomic mass is 10.0. The first-order chi connectivity index (χ1) is 25.3.